The van der Waals surface area contributed by atoms with Crippen molar-refractivity contribution in [2.24, 2.45) is 0 Å². The Kier molecular flexibility index (Phi) is 5.10. The predicted molar refractivity (Wildman–Crippen MR) is 100 cm³/mol. The van der Waals surface area contributed by atoms with Gasteiger partial charge in [0.15, 0.2) is 0 Å². The van der Waals surface area contributed by atoms with Crippen LogP contribution in [0.4, 0.5) is 0 Å². The molecule has 2 aliphatic heterocycles. The highest BCUT2D eigenvalue weighted by molar-refractivity contribution is 6.34. The fourth-order valence-corrected chi connectivity index (χ4v) is 3.98. The van der Waals surface area contributed by atoms with E-state index in [2.05, 4.69) is 20.9 Å². The van der Waals surface area contributed by atoms with Crippen molar-refractivity contribution in [1.29, 1.82) is 5.26 Å². The molecule has 1 aromatic heterocycles. The van der Waals surface area contributed by atoms with Crippen molar-refractivity contribution in [3.63, 3.8) is 0 Å². The SMILES string of the molecule is N#C[C@@H]1CCCN1C(=O)CN1CC[C@H](Oc2ccc3ncnc(Cl)c3c2)C1. The van der Waals surface area contributed by atoms with Crippen LogP contribution in [0.3, 0.4) is 0 Å². The molecule has 4 rings (SSSR count). The van der Waals surface area contributed by atoms with Crippen molar-refractivity contribution < 1.29 is 9.53 Å². The summed E-state index contributed by atoms with van der Waals surface area (Å²) >= 11 is 6.13. The van der Waals surface area contributed by atoms with Gasteiger partial charge >= 0.3 is 0 Å². The van der Waals surface area contributed by atoms with E-state index in [1.165, 1.54) is 6.33 Å². The van der Waals surface area contributed by atoms with Gasteiger partial charge in [-0.05, 0) is 37.5 Å². The number of nitriles is 1. The van der Waals surface area contributed by atoms with Crippen LogP contribution in [-0.4, -0.2) is 64.0 Å². The minimum atomic E-state index is -0.267. The first-order valence-corrected chi connectivity index (χ1v) is 9.50. The predicted octanol–water partition coefficient (Wildman–Crippen LogP) is 2.25. The molecule has 0 bridgehead atoms. The summed E-state index contributed by atoms with van der Waals surface area (Å²) in [6, 6.07) is 7.55. The maximum atomic E-state index is 12.5. The molecular formula is C19H20ClN5O2. The molecule has 2 aromatic rings. The highest BCUT2D eigenvalue weighted by Crippen LogP contribution is 2.26. The summed E-state index contributed by atoms with van der Waals surface area (Å²) < 4.78 is 6.08. The number of hydrogen-bond acceptors (Lipinski definition) is 6. The van der Waals surface area contributed by atoms with E-state index in [0.29, 0.717) is 24.8 Å². The van der Waals surface area contributed by atoms with Crippen LogP contribution >= 0.6 is 11.6 Å². The summed E-state index contributed by atoms with van der Waals surface area (Å²) in [7, 11) is 0. The van der Waals surface area contributed by atoms with Crippen molar-refractivity contribution in [3.8, 4) is 11.8 Å². The number of hydrogen-bond donors (Lipinski definition) is 0. The van der Waals surface area contributed by atoms with E-state index < -0.39 is 0 Å². The Hall–Kier alpha value is -2.43. The van der Waals surface area contributed by atoms with Crippen LogP contribution < -0.4 is 4.74 Å². The average molecular weight is 386 g/mol. The number of amides is 1. The van der Waals surface area contributed by atoms with Crippen molar-refractivity contribution in [1.82, 2.24) is 19.8 Å². The highest BCUT2D eigenvalue weighted by Gasteiger charge is 2.32. The third-order valence-corrected chi connectivity index (χ3v) is 5.47. The van der Waals surface area contributed by atoms with E-state index in [-0.39, 0.29) is 18.1 Å². The number of rotatable bonds is 4. The molecule has 8 heteroatoms. The molecule has 140 valence electrons. The molecule has 27 heavy (non-hydrogen) atoms. The number of nitrogens with zero attached hydrogens (tertiary/aromatic N) is 5. The minimum absolute atomic E-state index is 0.0176. The largest absolute Gasteiger partial charge is 0.489 e. The van der Waals surface area contributed by atoms with Crippen molar-refractivity contribution >= 4 is 28.4 Å². The van der Waals surface area contributed by atoms with Gasteiger partial charge in [0.1, 0.15) is 29.4 Å². The lowest BCUT2D eigenvalue weighted by atomic mass is 10.2. The zero-order valence-corrected chi connectivity index (χ0v) is 15.6. The van der Waals surface area contributed by atoms with Crippen LogP contribution in [0, 0.1) is 11.3 Å². The molecule has 0 aliphatic carbocycles. The minimum Gasteiger partial charge on any atom is -0.489 e. The van der Waals surface area contributed by atoms with Gasteiger partial charge in [0, 0.05) is 25.0 Å². The second-order valence-corrected chi connectivity index (χ2v) is 7.34. The number of aromatic nitrogens is 2. The fraction of sp³-hybridized carbons (Fsp3) is 0.474. The standard InChI is InChI=1S/C19H20ClN5O2/c20-19-16-8-14(3-4-17(16)22-12-23-19)27-15-5-7-24(10-15)11-18(26)25-6-1-2-13(25)9-21/h3-4,8,12-13,15H,1-2,5-7,10-11H2/t13-,15-/m0/s1. The van der Waals surface area contributed by atoms with Crippen LogP contribution in [0.2, 0.25) is 5.15 Å². The van der Waals surface area contributed by atoms with Gasteiger partial charge in [-0.15, -0.1) is 0 Å². The van der Waals surface area contributed by atoms with E-state index >= 15 is 0 Å². The molecule has 2 aliphatic rings. The van der Waals surface area contributed by atoms with Gasteiger partial charge in [-0.2, -0.15) is 5.26 Å². The Morgan fingerprint density at radius 2 is 2.22 bits per heavy atom. The van der Waals surface area contributed by atoms with Crippen LogP contribution in [0.15, 0.2) is 24.5 Å². The number of likely N-dealkylation sites (tertiary alicyclic amines) is 2. The average Bonchev–Trinajstić information content (AvgIpc) is 3.31. The third-order valence-electron chi connectivity index (χ3n) is 5.17. The Bertz CT molecular complexity index is 899. The molecule has 0 radical (unpaired) electrons. The number of halogens is 1. The molecule has 0 spiro atoms. The Labute approximate surface area is 162 Å². The first-order chi connectivity index (χ1) is 13.1. The maximum absolute atomic E-state index is 12.5. The molecule has 3 heterocycles. The fourth-order valence-electron chi connectivity index (χ4n) is 3.79. The molecule has 1 aromatic carbocycles. The van der Waals surface area contributed by atoms with Gasteiger partial charge < -0.3 is 9.64 Å². The first kappa shape index (κ1) is 18.0. The van der Waals surface area contributed by atoms with Crippen molar-refractivity contribution in [2.75, 3.05) is 26.2 Å². The monoisotopic (exact) mass is 385 g/mol. The molecular weight excluding hydrogens is 366 g/mol. The molecule has 0 unspecified atom stereocenters. The van der Waals surface area contributed by atoms with E-state index in [1.807, 2.05) is 18.2 Å². The van der Waals surface area contributed by atoms with Gasteiger partial charge in [0.25, 0.3) is 0 Å². The van der Waals surface area contributed by atoms with Crippen molar-refractivity contribution in [2.45, 2.75) is 31.4 Å². The number of ether oxygens (including phenoxy) is 1. The van der Waals surface area contributed by atoms with E-state index in [9.17, 15) is 4.79 Å². The Morgan fingerprint density at radius 1 is 1.33 bits per heavy atom. The van der Waals surface area contributed by atoms with E-state index in [4.69, 9.17) is 21.6 Å². The smallest absolute Gasteiger partial charge is 0.237 e. The number of benzene rings is 1. The maximum Gasteiger partial charge on any atom is 0.237 e. The first-order valence-electron chi connectivity index (χ1n) is 9.12. The van der Waals surface area contributed by atoms with Gasteiger partial charge in [-0.25, -0.2) is 9.97 Å². The zero-order chi connectivity index (χ0) is 18.8. The molecule has 0 saturated carbocycles. The second kappa shape index (κ2) is 7.67. The van der Waals surface area contributed by atoms with Gasteiger partial charge in [0.2, 0.25) is 5.91 Å². The van der Waals surface area contributed by atoms with Crippen LogP contribution in [0.25, 0.3) is 10.9 Å². The molecule has 2 atom stereocenters. The zero-order valence-electron chi connectivity index (χ0n) is 14.8. The quantitative estimate of drug-likeness (QED) is 0.751. The summed E-state index contributed by atoms with van der Waals surface area (Å²) in [6.45, 7) is 2.52. The molecule has 1 amide bonds. The molecule has 7 nitrogen and oxygen atoms in total. The van der Waals surface area contributed by atoms with Gasteiger partial charge in [-0.3, -0.25) is 9.69 Å². The summed E-state index contributed by atoms with van der Waals surface area (Å²) in [4.78, 5) is 24.5. The second-order valence-electron chi connectivity index (χ2n) is 6.98. The van der Waals surface area contributed by atoms with Crippen LogP contribution in [-0.2, 0) is 4.79 Å². The molecule has 2 saturated heterocycles. The van der Waals surface area contributed by atoms with Crippen molar-refractivity contribution in [3.05, 3.63) is 29.7 Å². The van der Waals surface area contributed by atoms with Gasteiger partial charge in [0.05, 0.1) is 18.1 Å². The summed E-state index contributed by atoms with van der Waals surface area (Å²) in [6.07, 6.45) is 4.00. The summed E-state index contributed by atoms with van der Waals surface area (Å²) in [5, 5.41) is 10.3. The molecule has 2 fully saturated rings. The number of carbonyl (C=O) groups excluding carboxylic acids is 1. The lowest BCUT2D eigenvalue weighted by Gasteiger charge is -2.23. The number of fused-ring (bicyclic) bond motifs is 1. The number of carbonyl (C=O) groups is 1. The van der Waals surface area contributed by atoms with Crippen LogP contribution in [0.1, 0.15) is 19.3 Å². The molecule has 0 N–H and O–H groups in total. The van der Waals surface area contributed by atoms with E-state index in [1.54, 1.807) is 4.90 Å². The highest BCUT2D eigenvalue weighted by atomic mass is 35.5. The Morgan fingerprint density at radius 3 is 3.07 bits per heavy atom. The summed E-state index contributed by atoms with van der Waals surface area (Å²) in [5.74, 6) is 0.760. The normalized spacial score (nSPS) is 22.9. The van der Waals surface area contributed by atoms with Crippen LogP contribution in [0.5, 0.6) is 5.75 Å². The third kappa shape index (κ3) is 3.82. The lowest BCUT2D eigenvalue weighted by molar-refractivity contribution is -0.132. The van der Waals surface area contributed by atoms with E-state index in [0.717, 1.165) is 42.5 Å². The Balaban J connectivity index is 1.35. The lowest BCUT2D eigenvalue weighted by Crippen LogP contribution is -2.42. The van der Waals surface area contributed by atoms with Gasteiger partial charge in [-0.1, -0.05) is 11.6 Å². The topological polar surface area (TPSA) is 82.4 Å². The summed E-state index contributed by atoms with van der Waals surface area (Å²) in [5.41, 5.74) is 0.777.